The molecule has 0 radical (unpaired) electrons. The van der Waals surface area contributed by atoms with Crippen LogP contribution in [0.5, 0.6) is 0 Å². The molecule has 0 aromatic carbocycles. The van der Waals surface area contributed by atoms with Crippen LogP contribution in [0.3, 0.4) is 0 Å². The van der Waals surface area contributed by atoms with Crippen molar-refractivity contribution in [2.75, 3.05) is 6.54 Å². The summed E-state index contributed by atoms with van der Waals surface area (Å²) in [6.07, 6.45) is 0.238. The molecule has 0 aliphatic carbocycles. The van der Waals surface area contributed by atoms with Gasteiger partial charge in [0.25, 0.3) is 0 Å². The largest absolute Gasteiger partial charge is 0.480 e. The molecule has 0 fully saturated rings. The highest BCUT2D eigenvalue weighted by molar-refractivity contribution is 5.77. The minimum atomic E-state index is -1.54. The van der Waals surface area contributed by atoms with E-state index in [4.69, 9.17) is 33.1 Å². The maximum Gasteiger partial charge on any atom is 0.338 e. The van der Waals surface area contributed by atoms with Gasteiger partial charge in [-0.05, 0) is 6.42 Å². The summed E-state index contributed by atoms with van der Waals surface area (Å²) in [7, 11) is 0. The van der Waals surface area contributed by atoms with E-state index in [2.05, 4.69) is 0 Å². The first-order valence-corrected chi connectivity index (χ1v) is 4.18. The van der Waals surface area contributed by atoms with Crippen LogP contribution in [0.1, 0.15) is 13.3 Å². The van der Waals surface area contributed by atoms with Crippen LogP contribution in [0.25, 0.3) is 0 Å². The van der Waals surface area contributed by atoms with Crippen LogP contribution < -0.4 is 22.9 Å². The third-order valence-electron chi connectivity index (χ3n) is 1.55. The van der Waals surface area contributed by atoms with Crippen molar-refractivity contribution in [3.63, 3.8) is 0 Å². The van der Waals surface area contributed by atoms with Gasteiger partial charge in [-0.1, -0.05) is 6.92 Å². The molecule has 0 aromatic heterocycles. The number of carboxylic acid groups (broad SMARTS) is 2. The Kier molecular flexibility index (Phi) is 7.70. The normalized spacial score (nSPS) is 12.3. The summed E-state index contributed by atoms with van der Waals surface area (Å²) >= 11 is 0. The van der Waals surface area contributed by atoms with Crippen molar-refractivity contribution in [1.29, 1.82) is 0 Å². The lowest BCUT2D eigenvalue weighted by molar-refractivity contribution is -0.143. The van der Waals surface area contributed by atoms with E-state index in [1.165, 1.54) is 0 Å². The summed E-state index contributed by atoms with van der Waals surface area (Å²) in [6.45, 7) is 1.61. The van der Waals surface area contributed by atoms with E-state index in [9.17, 15) is 9.59 Å². The van der Waals surface area contributed by atoms with Crippen LogP contribution in [0.4, 0.5) is 0 Å². The molecular formula is C7H18N4O4. The van der Waals surface area contributed by atoms with Gasteiger partial charge in [0.1, 0.15) is 6.04 Å². The molecule has 0 spiro atoms. The molecule has 0 saturated heterocycles. The molecule has 1 unspecified atom stereocenters. The van der Waals surface area contributed by atoms with E-state index >= 15 is 0 Å². The molecule has 15 heavy (non-hydrogen) atoms. The van der Waals surface area contributed by atoms with Crippen molar-refractivity contribution >= 4 is 11.9 Å². The number of hydrogen-bond donors (Lipinski definition) is 6. The lowest BCUT2D eigenvalue weighted by Crippen LogP contribution is -2.55. The number of nitrogens with two attached hydrogens (primary N) is 4. The van der Waals surface area contributed by atoms with Crippen molar-refractivity contribution in [1.82, 2.24) is 0 Å². The Labute approximate surface area is 87.2 Å². The highest BCUT2D eigenvalue weighted by atomic mass is 16.4. The Bertz CT molecular complexity index is 219. The molecule has 0 heterocycles. The second-order valence-corrected chi connectivity index (χ2v) is 2.88. The number of aliphatic carboxylic acids is 2. The van der Waals surface area contributed by atoms with Gasteiger partial charge in [-0.15, -0.1) is 0 Å². The molecule has 90 valence electrons. The summed E-state index contributed by atoms with van der Waals surface area (Å²) in [4.78, 5) is 19.7. The van der Waals surface area contributed by atoms with Gasteiger partial charge in [0.2, 0.25) is 0 Å². The van der Waals surface area contributed by atoms with E-state index in [0.29, 0.717) is 0 Å². The van der Waals surface area contributed by atoms with E-state index < -0.39 is 23.6 Å². The van der Waals surface area contributed by atoms with Crippen LogP contribution in [0.2, 0.25) is 0 Å². The molecule has 0 aromatic rings. The summed E-state index contributed by atoms with van der Waals surface area (Å²) in [6, 6.07) is -0.903. The molecule has 8 heteroatoms. The number of rotatable bonds is 4. The zero-order chi connectivity index (χ0) is 12.6. The second-order valence-electron chi connectivity index (χ2n) is 2.88. The Balaban J connectivity index is 0. The first kappa shape index (κ1) is 16.2. The average molecular weight is 222 g/mol. The first-order chi connectivity index (χ1) is 6.68. The molecule has 10 N–H and O–H groups in total. The average Bonchev–Trinajstić information content (AvgIpc) is 2.17. The molecule has 0 bridgehead atoms. The standard InChI is InChI=1S/C4H10N2O2.C3H8N2O2/c1-2-4(5,6)3(7)8;4-1-2(5)3(6)7/h2,5-6H2,1H3,(H,7,8);2H,1,4-5H2,(H,6,7). The highest BCUT2D eigenvalue weighted by Gasteiger charge is 2.25. The fraction of sp³-hybridized carbons (Fsp3) is 0.714. The lowest BCUT2D eigenvalue weighted by Gasteiger charge is -2.14. The number of carbonyl (C=O) groups is 2. The van der Waals surface area contributed by atoms with Gasteiger partial charge < -0.3 is 33.1 Å². The quantitative estimate of drug-likeness (QED) is 0.281. The van der Waals surface area contributed by atoms with Crippen LogP contribution in [-0.2, 0) is 9.59 Å². The third kappa shape index (κ3) is 7.82. The Morgan fingerprint density at radius 1 is 1.33 bits per heavy atom. The molecule has 0 amide bonds. The van der Waals surface area contributed by atoms with E-state index in [1.807, 2.05) is 0 Å². The maximum absolute atomic E-state index is 10.0. The number of carboxylic acids is 2. The van der Waals surface area contributed by atoms with Crippen molar-refractivity contribution in [3.8, 4) is 0 Å². The van der Waals surface area contributed by atoms with Crippen LogP contribution in [-0.4, -0.2) is 40.4 Å². The lowest BCUT2D eigenvalue weighted by atomic mass is 10.1. The Hall–Kier alpha value is -1.22. The van der Waals surface area contributed by atoms with E-state index in [0.717, 1.165) is 0 Å². The van der Waals surface area contributed by atoms with Crippen molar-refractivity contribution in [2.45, 2.75) is 25.0 Å². The SMILES string of the molecule is CCC(N)(N)C(=O)O.NCC(N)C(=O)O. The van der Waals surface area contributed by atoms with Gasteiger partial charge >= 0.3 is 11.9 Å². The predicted molar refractivity (Wildman–Crippen MR) is 53.7 cm³/mol. The molecule has 0 aliphatic heterocycles. The number of hydrogen-bond acceptors (Lipinski definition) is 6. The first-order valence-electron chi connectivity index (χ1n) is 4.18. The minimum Gasteiger partial charge on any atom is -0.480 e. The van der Waals surface area contributed by atoms with Crippen LogP contribution >= 0.6 is 0 Å². The zero-order valence-corrected chi connectivity index (χ0v) is 8.51. The Morgan fingerprint density at radius 2 is 1.73 bits per heavy atom. The van der Waals surface area contributed by atoms with Crippen LogP contribution in [0, 0.1) is 0 Å². The molecule has 0 rings (SSSR count). The maximum atomic E-state index is 10.0. The zero-order valence-electron chi connectivity index (χ0n) is 8.51. The fourth-order valence-electron chi connectivity index (χ4n) is 0.252. The summed E-state index contributed by atoms with van der Waals surface area (Å²) in [5.41, 5.74) is 18.3. The Morgan fingerprint density at radius 3 is 1.73 bits per heavy atom. The smallest absolute Gasteiger partial charge is 0.338 e. The van der Waals surface area contributed by atoms with E-state index in [-0.39, 0.29) is 13.0 Å². The van der Waals surface area contributed by atoms with Gasteiger partial charge in [0.15, 0.2) is 5.66 Å². The van der Waals surface area contributed by atoms with Gasteiger partial charge in [0.05, 0.1) is 0 Å². The van der Waals surface area contributed by atoms with Gasteiger partial charge in [-0.25, -0.2) is 4.79 Å². The fourth-order valence-corrected chi connectivity index (χ4v) is 0.252. The second kappa shape index (κ2) is 7.12. The highest BCUT2D eigenvalue weighted by Crippen LogP contribution is 1.94. The summed E-state index contributed by atoms with van der Waals surface area (Å²) < 4.78 is 0. The van der Waals surface area contributed by atoms with Gasteiger partial charge in [-0.2, -0.15) is 0 Å². The van der Waals surface area contributed by atoms with Gasteiger partial charge in [-0.3, -0.25) is 4.79 Å². The minimum absolute atomic E-state index is 0.00463. The summed E-state index contributed by atoms with van der Waals surface area (Å²) in [5, 5.41) is 16.2. The molecule has 1 atom stereocenters. The van der Waals surface area contributed by atoms with E-state index in [1.54, 1.807) is 6.92 Å². The van der Waals surface area contributed by atoms with Crippen molar-refractivity contribution in [3.05, 3.63) is 0 Å². The summed E-state index contributed by atoms with van der Waals surface area (Å²) in [5.74, 6) is -2.22. The predicted octanol–water partition coefficient (Wildman–Crippen LogP) is -2.55. The molecule has 0 aliphatic rings. The molecule has 8 nitrogen and oxygen atoms in total. The molecular weight excluding hydrogens is 204 g/mol. The van der Waals surface area contributed by atoms with Gasteiger partial charge in [0, 0.05) is 6.54 Å². The van der Waals surface area contributed by atoms with Crippen molar-refractivity contribution in [2.24, 2.45) is 22.9 Å². The third-order valence-corrected chi connectivity index (χ3v) is 1.55. The van der Waals surface area contributed by atoms with Crippen molar-refractivity contribution < 1.29 is 19.8 Å². The topological polar surface area (TPSA) is 179 Å². The molecule has 0 saturated carbocycles. The van der Waals surface area contributed by atoms with Crippen LogP contribution in [0.15, 0.2) is 0 Å². The monoisotopic (exact) mass is 222 g/mol.